The highest BCUT2D eigenvalue weighted by molar-refractivity contribution is 6.04. The predicted molar refractivity (Wildman–Crippen MR) is 62.4 cm³/mol. The molecule has 1 heterocycles. The molecule has 3 nitrogen and oxygen atoms in total. The van der Waals surface area contributed by atoms with Gasteiger partial charge in [0.05, 0.1) is 5.69 Å². The van der Waals surface area contributed by atoms with Crippen molar-refractivity contribution in [1.29, 1.82) is 0 Å². The van der Waals surface area contributed by atoms with Gasteiger partial charge in [0.1, 0.15) is 0 Å². The third kappa shape index (κ3) is 2.86. The van der Waals surface area contributed by atoms with Crippen LogP contribution in [0.25, 0.3) is 0 Å². The molecule has 78 valence electrons. The summed E-state index contributed by atoms with van der Waals surface area (Å²) >= 11 is 0. The molecule has 0 fully saturated rings. The van der Waals surface area contributed by atoms with Crippen LogP contribution in [0.5, 0.6) is 0 Å². The van der Waals surface area contributed by atoms with E-state index in [0.29, 0.717) is 5.56 Å². The van der Waals surface area contributed by atoms with Crippen LogP contribution in [0.2, 0.25) is 0 Å². The first-order valence-electron chi connectivity index (χ1n) is 4.35. The Morgan fingerprint density at radius 3 is 2.47 bits per heavy atom. The molecule has 0 atom stereocenters. The second-order valence-corrected chi connectivity index (χ2v) is 2.92. The van der Waals surface area contributed by atoms with Crippen molar-refractivity contribution in [2.24, 2.45) is 0 Å². The summed E-state index contributed by atoms with van der Waals surface area (Å²) in [5.74, 6) is -0.0924. The molecule has 0 radical (unpaired) electrons. The number of carbonyl (C=O) groups is 1. The van der Waals surface area contributed by atoms with Crippen molar-refractivity contribution in [2.45, 2.75) is 0 Å². The van der Waals surface area contributed by atoms with Gasteiger partial charge in [0, 0.05) is 18.0 Å². The highest BCUT2D eigenvalue weighted by Crippen LogP contribution is 2.07. The fourth-order valence-corrected chi connectivity index (χ4v) is 1.19. The van der Waals surface area contributed by atoms with Gasteiger partial charge in [-0.25, -0.2) is 0 Å². The zero-order valence-electron chi connectivity index (χ0n) is 7.94. The molecule has 0 spiro atoms. The number of nitrogens with one attached hydrogen (secondary N) is 2. The first-order chi connectivity index (χ1) is 6.86. The second-order valence-electron chi connectivity index (χ2n) is 2.92. The van der Waals surface area contributed by atoms with E-state index in [1.165, 1.54) is 0 Å². The van der Waals surface area contributed by atoms with Gasteiger partial charge in [-0.2, -0.15) is 0 Å². The van der Waals surface area contributed by atoms with E-state index in [2.05, 4.69) is 10.3 Å². The summed E-state index contributed by atoms with van der Waals surface area (Å²) in [5.41, 5.74) is 1.44. The molecule has 0 unspecified atom stereocenters. The SMILES string of the molecule is Cl.O=C(Nc1cc[nH]c1)c1ccccc1. The normalized spacial score (nSPS) is 9.07. The van der Waals surface area contributed by atoms with Crippen LogP contribution in [0.4, 0.5) is 5.69 Å². The van der Waals surface area contributed by atoms with Crippen LogP contribution in [0.15, 0.2) is 48.8 Å². The molecule has 0 aliphatic heterocycles. The standard InChI is InChI=1S/C11H10N2O.ClH/c14-11(9-4-2-1-3-5-9)13-10-6-7-12-8-10;/h1-8,12H,(H,13,14);1H. The van der Waals surface area contributed by atoms with Gasteiger partial charge >= 0.3 is 0 Å². The Hall–Kier alpha value is -1.74. The van der Waals surface area contributed by atoms with E-state index in [4.69, 9.17) is 0 Å². The number of carbonyl (C=O) groups excluding carboxylic acids is 1. The van der Waals surface area contributed by atoms with Crippen LogP contribution in [0, 0.1) is 0 Å². The molecular weight excluding hydrogens is 212 g/mol. The lowest BCUT2D eigenvalue weighted by Crippen LogP contribution is -2.10. The number of aromatic amines is 1. The van der Waals surface area contributed by atoms with Crippen LogP contribution in [-0.2, 0) is 0 Å². The van der Waals surface area contributed by atoms with Crippen LogP contribution < -0.4 is 5.32 Å². The van der Waals surface area contributed by atoms with Gasteiger partial charge in [-0.05, 0) is 18.2 Å². The first kappa shape index (κ1) is 11.3. The van der Waals surface area contributed by atoms with E-state index in [0.717, 1.165) is 5.69 Å². The summed E-state index contributed by atoms with van der Waals surface area (Å²) in [4.78, 5) is 14.5. The average molecular weight is 223 g/mol. The molecule has 0 aliphatic rings. The number of anilines is 1. The van der Waals surface area contributed by atoms with Crippen molar-refractivity contribution in [3.63, 3.8) is 0 Å². The minimum Gasteiger partial charge on any atom is -0.366 e. The van der Waals surface area contributed by atoms with Crippen molar-refractivity contribution >= 4 is 24.0 Å². The van der Waals surface area contributed by atoms with Gasteiger partial charge < -0.3 is 10.3 Å². The van der Waals surface area contributed by atoms with Gasteiger partial charge in [0.2, 0.25) is 0 Å². The van der Waals surface area contributed by atoms with E-state index in [1.807, 2.05) is 18.2 Å². The fourth-order valence-electron chi connectivity index (χ4n) is 1.19. The molecule has 2 rings (SSSR count). The maximum absolute atomic E-state index is 11.6. The quantitative estimate of drug-likeness (QED) is 0.806. The zero-order chi connectivity index (χ0) is 9.80. The summed E-state index contributed by atoms with van der Waals surface area (Å²) in [7, 11) is 0. The van der Waals surface area contributed by atoms with Crippen molar-refractivity contribution in [2.75, 3.05) is 5.32 Å². The van der Waals surface area contributed by atoms with Gasteiger partial charge in [0.25, 0.3) is 5.91 Å². The third-order valence-corrected chi connectivity index (χ3v) is 1.89. The fraction of sp³-hybridized carbons (Fsp3) is 0. The molecule has 1 aromatic heterocycles. The van der Waals surface area contributed by atoms with Gasteiger partial charge in [-0.3, -0.25) is 4.79 Å². The van der Waals surface area contributed by atoms with Crippen molar-refractivity contribution < 1.29 is 4.79 Å². The Kier molecular flexibility index (Phi) is 3.94. The minimum atomic E-state index is -0.0924. The molecule has 4 heteroatoms. The van der Waals surface area contributed by atoms with Crippen molar-refractivity contribution in [3.05, 3.63) is 54.4 Å². The Labute approximate surface area is 93.9 Å². The van der Waals surface area contributed by atoms with Crippen LogP contribution in [0.1, 0.15) is 10.4 Å². The highest BCUT2D eigenvalue weighted by Gasteiger charge is 2.03. The number of hydrogen-bond donors (Lipinski definition) is 2. The number of H-pyrrole nitrogens is 1. The number of rotatable bonds is 2. The van der Waals surface area contributed by atoms with Gasteiger partial charge in [0.15, 0.2) is 0 Å². The maximum atomic E-state index is 11.6. The minimum absolute atomic E-state index is 0. The lowest BCUT2D eigenvalue weighted by Gasteiger charge is -2.01. The molecular formula is C11H11ClN2O. The van der Waals surface area contributed by atoms with E-state index >= 15 is 0 Å². The molecule has 2 N–H and O–H groups in total. The number of benzene rings is 1. The molecule has 1 amide bonds. The smallest absolute Gasteiger partial charge is 0.255 e. The maximum Gasteiger partial charge on any atom is 0.255 e. The monoisotopic (exact) mass is 222 g/mol. The molecule has 2 aromatic rings. The lowest BCUT2D eigenvalue weighted by molar-refractivity contribution is 0.102. The molecule has 0 saturated heterocycles. The summed E-state index contributed by atoms with van der Waals surface area (Å²) in [6, 6.07) is 10.9. The van der Waals surface area contributed by atoms with Crippen LogP contribution in [0.3, 0.4) is 0 Å². The summed E-state index contributed by atoms with van der Waals surface area (Å²) < 4.78 is 0. The Morgan fingerprint density at radius 2 is 1.87 bits per heavy atom. The van der Waals surface area contributed by atoms with Crippen LogP contribution in [-0.4, -0.2) is 10.9 Å². The van der Waals surface area contributed by atoms with Gasteiger partial charge in [-0.15, -0.1) is 12.4 Å². The first-order valence-corrected chi connectivity index (χ1v) is 4.35. The van der Waals surface area contributed by atoms with Crippen molar-refractivity contribution in [1.82, 2.24) is 4.98 Å². The lowest BCUT2D eigenvalue weighted by atomic mass is 10.2. The molecule has 1 aromatic carbocycles. The Morgan fingerprint density at radius 1 is 1.13 bits per heavy atom. The number of hydrogen-bond acceptors (Lipinski definition) is 1. The average Bonchev–Trinajstić information content (AvgIpc) is 2.72. The zero-order valence-corrected chi connectivity index (χ0v) is 8.75. The predicted octanol–water partition coefficient (Wildman–Crippen LogP) is 2.69. The second kappa shape index (κ2) is 5.22. The molecule has 0 saturated carbocycles. The summed E-state index contributed by atoms with van der Waals surface area (Å²) in [6.45, 7) is 0. The van der Waals surface area contributed by atoms with E-state index in [1.54, 1.807) is 30.6 Å². The van der Waals surface area contributed by atoms with E-state index < -0.39 is 0 Å². The number of halogens is 1. The van der Waals surface area contributed by atoms with Crippen LogP contribution >= 0.6 is 12.4 Å². The Balaban J connectivity index is 0.00000112. The van der Waals surface area contributed by atoms with E-state index in [-0.39, 0.29) is 18.3 Å². The summed E-state index contributed by atoms with van der Waals surface area (Å²) in [5, 5.41) is 2.77. The highest BCUT2D eigenvalue weighted by atomic mass is 35.5. The topological polar surface area (TPSA) is 44.9 Å². The third-order valence-electron chi connectivity index (χ3n) is 1.89. The van der Waals surface area contributed by atoms with Gasteiger partial charge in [-0.1, -0.05) is 18.2 Å². The largest absolute Gasteiger partial charge is 0.366 e. The van der Waals surface area contributed by atoms with Crippen molar-refractivity contribution in [3.8, 4) is 0 Å². The number of aromatic nitrogens is 1. The summed E-state index contributed by atoms with van der Waals surface area (Å²) in [6.07, 6.45) is 3.50. The molecule has 0 aliphatic carbocycles. The van der Waals surface area contributed by atoms with E-state index in [9.17, 15) is 4.79 Å². The number of amides is 1. The molecule has 15 heavy (non-hydrogen) atoms. The Bertz CT molecular complexity index is 411. The molecule has 0 bridgehead atoms.